The summed E-state index contributed by atoms with van der Waals surface area (Å²) in [5.41, 5.74) is 11.8. The number of nitrogens with zero attached hydrogens (tertiary/aromatic N) is 1. The fourth-order valence-electron chi connectivity index (χ4n) is 7.12. The van der Waals surface area contributed by atoms with E-state index in [1.54, 1.807) is 0 Å². The van der Waals surface area contributed by atoms with Gasteiger partial charge in [0, 0.05) is 16.5 Å². The SMILES string of the molecule is CC1(C)c2cc3c4ccccc4n(-c4cc(-c5ccccc5)cc(-c5ccccc5)c4)c3cc2C(C)(C)C1(C)C. The van der Waals surface area contributed by atoms with Crippen molar-refractivity contribution < 1.29 is 0 Å². The Bertz CT molecular complexity index is 1840. The molecule has 5 aromatic carbocycles. The van der Waals surface area contributed by atoms with Gasteiger partial charge in [-0.2, -0.15) is 0 Å². The van der Waals surface area contributed by atoms with Gasteiger partial charge in [-0.25, -0.2) is 0 Å². The first-order chi connectivity index (χ1) is 19.1. The normalized spacial score (nSPS) is 16.9. The van der Waals surface area contributed by atoms with Crippen LogP contribution in [0.4, 0.5) is 0 Å². The molecule has 40 heavy (non-hydrogen) atoms. The molecule has 7 rings (SSSR count). The highest BCUT2D eigenvalue weighted by atomic mass is 15.0. The molecule has 1 heterocycles. The Morgan fingerprint density at radius 3 is 1.50 bits per heavy atom. The van der Waals surface area contributed by atoms with E-state index < -0.39 is 0 Å². The quantitative estimate of drug-likeness (QED) is 0.219. The molecule has 6 aromatic rings. The molecule has 198 valence electrons. The van der Waals surface area contributed by atoms with Gasteiger partial charge < -0.3 is 4.57 Å². The lowest BCUT2D eigenvalue weighted by Crippen LogP contribution is -2.42. The maximum atomic E-state index is 2.51. The van der Waals surface area contributed by atoms with Gasteiger partial charge in [-0.05, 0) is 86.0 Å². The number of rotatable bonds is 3. The van der Waals surface area contributed by atoms with E-state index in [0.717, 1.165) is 0 Å². The number of fused-ring (bicyclic) bond motifs is 4. The number of benzene rings is 5. The average molecular weight is 520 g/mol. The van der Waals surface area contributed by atoms with Gasteiger partial charge in [0.2, 0.25) is 0 Å². The number of para-hydroxylation sites is 1. The maximum Gasteiger partial charge on any atom is 0.0544 e. The number of hydrogen-bond donors (Lipinski definition) is 0. The van der Waals surface area contributed by atoms with Crippen LogP contribution >= 0.6 is 0 Å². The molecule has 0 aliphatic heterocycles. The summed E-state index contributed by atoms with van der Waals surface area (Å²) in [4.78, 5) is 0. The molecule has 0 atom stereocenters. The molecule has 0 bridgehead atoms. The zero-order valence-electron chi connectivity index (χ0n) is 24.4. The molecule has 1 nitrogen and oxygen atoms in total. The minimum atomic E-state index is 0.0440. The van der Waals surface area contributed by atoms with E-state index in [9.17, 15) is 0 Å². The van der Waals surface area contributed by atoms with Crippen LogP contribution in [0.5, 0.6) is 0 Å². The van der Waals surface area contributed by atoms with Crippen molar-refractivity contribution in [3.63, 3.8) is 0 Å². The minimum absolute atomic E-state index is 0.0440. The monoisotopic (exact) mass is 519 g/mol. The van der Waals surface area contributed by atoms with Crippen LogP contribution in [0.15, 0.2) is 115 Å². The molecule has 0 saturated heterocycles. The molecule has 0 unspecified atom stereocenters. The van der Waals surface area contributed by atoms with Gasteiger partial charge in [0.15, 0.2) is 0 Å². The smallest absolute Gasteiger partial charge is 0.0544 e. The van der Waals surface area contributed by atoms with E-state index in [-0.39, 0.29) is 16.2 Å². The van der Waals surface area contributed by atoms with Crippen molar-refractivity contribution in [1.82, 2.24) is 4.57 Å². The second-order valence-corrected chi connectivity index (χ2v) is 13.1. The van der Waals surface area contributed by atoms with Crippen molar-refractivity contribution in [2.45, 2.75) is 52.4 Å². The Labute approximate surface area is 238 Å². The Morgan fingerprint density at radius 1 is 0.425 bits per heavy atom. The van der Waals surface area contributed by atoms with Crippen molar-refractivity contribution in [3.8, 4) is 27.9 Å². The summed E-state index contributed by atoms with van der Waals surface area (Å²) in [5.74, 6) is 0. The molecule has 0 saturated carbocycles. The third kappa shape index (κ3) is 3.33. The van der Waals surface area contributed by atoms with Crippen LogP contribution in [0, 0.1) is 5.41 Å². The summed E-state index contributed by atoms with van der Waals surface area (Å²) < 4.78 is 2.50. The Kier molecular flexibility index (Phi) is 5.26. The molecule has 0 spiro atoms. The summed E-state index contributed by atoms with van der Waals surface area (Å²) in [5, 5.41) is 2.65. The van der Waals surface area contributed by atoms with Crippen LogP contribution in [0.2, 0.25) is 0 Å². The van der Waals surface area contributed by atoms with E-state index in [1.165, 1.54) is 60.9 Å². The van der Waals surface area contributed by atoms with Crippen molar-refractivity contribution >= 4 is 21.8 Å². The summed E-state index contributed by atoms with van der Waals surface area (Å²) in [7, 11) is 0. The van der Waals surface area contributed by atoms with Crippen LogP contribution in [-0.4, -0.2) is 4.57 Å². The second kappa shape index (κ2) is 8.45. The first-order valence-electron chi connectivity index (χ1n) is 14.5. The highest BCUT2D eigenvalue weighted by Crippen LogP contribution is 2.62. The van der Waals surface area contributed by atoms with Crippen molar-refractivity contribution in [1.29, 1.82) is 0 Å². The van der Waals surface area contributed by atoms with Crippen LogP contribution in [0.1, 0.15) is 52.7 Å². The van der Waals surface area contributed by atoms with Gasteiger partial charge in [-0.1, -0.05) is 120 Å². The molecule has 1 aliphatic carbocycles. The third-order valence-electron chi connectivity index (χ3n) is 10.7. The average Bonchev–Trinajstić information content (AvgIpc) is 3.34. The van der Waals surface area contributed by atoms with Crippen LogP contribution in [0.25, 0.3) is 49.7 Å². The van der Waals surface area contributed by atoms with Gasteiger partial charge >= 0.3 is 0 Å². The topological polar surface area (TPSA) is 4.93 Å². The first kappa shape index (κ1) is 24.9. The molecule has 1 heteroatoms. The van der Waals surface area contributed by atoms with Gasteiger partial charge in [0.25, 0.3) is 0 Å². The number of aromatic nitrogens is 1. The molecule has 0 fully saturated rings. The predicted molar refractivity (Wildman–Crippen MR) is 171 cm³/mol. The van der Waals surface area contributed by atoms with E-state index in [4.69, 9.17) is 0 Å². The third-order valence-corrected chi connectivity index (χ3v) is 10.7. The van der Waals surface area contributed by atoms with Crippen molar-refractivity contribution in [3.05, 3.63) is 126 Å². The minimum Gasteiger partial charge on any atom is -0.309 e. The van der Waals surface area contributed by atoms with Crippen molar-refractivity contribution in [2.24, 2.45) is 5.41 Å². The van der Waals surface area contributed by atoms with E-state index in [0.29, 0.717) is 0 Å². The van der Waals surface area contributed by atoms with Crippen LogP contribution in [-0.2, 0) is 10.8 Å². The summed E-state index contributed by atoms with van der Waals surface area (Å²) in [6.07, 6.45) is 0. The van der Waals surface area contributed by atoms with Gasteiger partial charge in [-0.3, -0.25) is 0 Å². The van der Waals surface area contributed by atoms with Crippen LogP contribution < -0.4 is 0 Å². The molecular weight excluding hydrogens is 482 g/mol. The van der Waals surface area contributed by atoms with E-state index in [2.05, 4.69) is 161 Å². The lowest BCUT2D eigenvalue weighted by molar-refractivity contribution is 0.125. The summed E-state index contributed by atoms with van der Waals surface area (Å²) in [6.45, 7) is 14.6. The molecule has 1 aliphatic rings. The van der Waals surface area contributed by atoms with Gasteiger partial charge in [0.05, 0.1) is 11.0 Å². The molecular formula is C39H37N. The van der Waals surface area contributed by atoms with Gasteiger partial charge in [0.1, 0.15) is 0 Å². The van der Waals surface area contributed by atoms with E-state index >= 15 is 0 Å². The lowest BCUT2D eigenvalue weighted by atomic mass is 9.59. The molecule has 0 amide bonds. The highest BCUT2D eigenvalue weighted by molar-refractivity contribution is 6.10. The van der Waals surface area contributed by atoms with Gasteiger partial charge in [-0.15, -0.1) is 0 Å². The second-order valence-electron chi connectivity index (χ2n) is 13.1. The first-order valence-corrected chi connectivity index (χ1v) is 14.5. The van der Waals surface area contributed by atoms with Crippen LogP contribution in [0.3, 0.4) is 0 Å². The summed E-state index contributed by atoms with van der Waals surface area (Å²) >= 11 is 0. The largest absolute Gasteiger partial charge is 0.309 e. The Morgan fingerprint density at radius 2 is 0.925 bits per heavy atom. The zero-order valence-corrected chi connectivity index (χ0v) is 24.4. The highest BCUT2D eigenvalue weighted by Gasteiger charge is 2.56. The maximum absolute atomic E-state index is 2.51. The number of hydrogen-bond acceptors (Lipinski definition) is 0. The molecule has 0 N–H and O–H groups in total. The van der Waals surface area contributed by atoms with Crippen molar-refractivity contribution in [2.75, 3.05) is 0 Å². The molecule has 0 radical (unpaired) electrons. The molecule has 1 aromatic heterocycles. The fraction of sp³-hybridized carbons (Fsp3) is 0.231. The zero-order chi connectivity index (χ0) is 27.9. The Hall–Kier alpha value is -4.10. The Balaban J connectivity index is 1.58. The van der Waals surface area contributed by atoms with E-state index in [1.807, 2.05) is 0 Å². The summed E-state index contributed by atoms with van der Waals surface area (Å²) in [6, 6.07) is 42.5. The predicted octanol–water partition coefficient (Wildman–Crippen LogP) is 10.7. The lowest BCUT2D eigenvalue weighted by Gasteiger charge is -2.44. The standard InChI is InChI=1S/C39H37N/c1-37(2)33-24-32-31-19-13-14-20-35(31)40(36(32)25-34(33)38(3,4)39(37,5)6)30-22-28(26-15-9-7-10-16-26)21-29(23-30)27-17-11-8-12-18-27/h7-25H,1-6H3. The fourth-order valence-corrected chi connectivity index (χ4v) is 7.12.